The van der Waals surface area contributed by atoms with Crippen LogP contribution in [0.1, 0.15) is 37.1 Å². The minimum absolute atomic E-state index is 0.00668. The van der Waals surface area contributed by atoms with Gasteiger partial charge in [0, 0.05) is 54.5 Å². The van der Waals surface area contributed by atoms with Gasteiger partial charge in [0.25, 0.3) is 0 Å². The number of nitrogens with one attached hydrogen (secondary N) is 1. The van der Waals surface area contributed by atoms with Gasteiger partial charge < -0.3 is 14.5 Å². The predicted molar refractivity (Wildman–Crippen MR) is 138 cm³/mol. The van der Waals surface area contributed by atoms with Crippen LogP contribution in [0.3, 0.4) is 0 Å². The fraction of sp³-hybridized carbons (Fsp3) is 0.444. The zero-order chi connectivity index (χ0) is 24.5. The third-order valence-electron chi connectivity index (χ3n) is 7.87. The summed E-state index contributed by atoms with van der Waals surface area (Å²) in [6.07, 6.45) is 5.01. The number of H-pyrrole nitrogens is 1. The van der Waals surface area contributed by atoms with E-state index in [1.54, 1.807) is 0 Å². The molecular formula is C27H30ClN5O2. The Bertz CT molecular complexity index is 1370. The minimum Gasteiger partial charge on any atom is -0.370 e. The van der Waals surface area contributed by atoms with E-state index in [2.05, 4.69) is 54.6 Å². The topological polar surface area (TPSA) is 74.4 Å². The Balaban J connectivity index is 1.46. The zero-order valence-corrected chi connectivity index (χ0v) is 21.2. The van der Waals surface area contributed by atoms with Crippen LogP contribution in [0.4, 0.5) is 5.82 Å². The number of fused-ring (bicyclic) bond motifs is 2. The lowest BCUT2D eigenvalue weighted by molar-refractivity contribution is -0.136. The van der Waals surface area contributed by atoms with E-state index in [1.807, 2.05) is 11.1 Å². The molecule has 1 spiro atoms. The molecule has 2 saturated heterocycles. The molecule has 1 aromatic carbocycles. The lowest BCUT2D eigenvalue weighted by Crippen LogP contribution is -2.59. The van der Waals surface area contributed by atoms with Gasteiger partial charge in [-0.3, -0.25) is 9.89 Å². The molecule has 3 aliphatic rings. The maximum Gasteiger partial charge on any atom is 0.245 e. The second kappa shape index (κ2) is 7.80. The van der Waals surface area contributed by atoms with E-state index >= 15 is 0 Å². The highest BCUT2D eigenvalue weighted by atomic mass is 35.5. The van der Waals surface area contributed by atoms with Crippen molar-refractivity contribution in [3.63, 3.8) is 0 Å². The standard InChI is InChI=1S/C27H30ClN5O2/c1-5-21(34)33-14-27(15-33)8-9-32(13-27)25-24(28)23(18-12-35-26(3,4)10-20(18)30-25)22-16(2)6-7-19-17(22)11-29-31-19/h5-7,11H,1,8-10,12-15H2,2-4H3,(H,29,31). The van der Waals surface area contributed by atoms with Gasteiger partial charge in [-0.15, -0.1) is 0 Å². The Morgan fingerprint density at radius 1 is 1.26 bits per heavy atom. The van der Waals surface area contributed by atoms with Crippen molar-refractivity contribution in [1.29, 1.82) is 0 Å². The summed E-state index contributed by atoms with van der Waals surface area (Å²) in [6.45, 7) is 13.7. The molecular weight excluding hydrogens is 462 g/mol. The van der Waals surface area contributed by atoms with Crippen LogP contribution in [0.25, 0.3) is 22.0 Å². The Morgan fingerprint density at radius 2 is 2.06 bits per heavy atom. The van der Waals surface area contributed by atoms with Gasteiger partial charge in [-0.1, -0.05) is 24.2 Å². The van der Waals surface area contributed by atoms with Gasteiger partial charge in [-0.2, -0.15) is 5.10 Å². The quantitative estimate of drug-likeness (QED) is 0.539. The van der Waals surface area contributed by atoms with Gasteiger partial charge in [-0.25, -0.2) is 4.98 Å². The van der Waals surface area contributed by atoms with Crippen LogP contribution >= 0.6 is 11.6 Å². The second-order valence-corrected chi connectivity index (χ2v) is 11.3. The van der Waals surface area contributed by atoms with Gasteiger partial charge in [0.1, 0.15) is 5.82 Å². The molecule has 0 bridgehead atoms. The summed E-state index contributed by atoms with van der Waals surface area (Å²) in [7, 11) is 0. The molecule has 3 aromatic rings. The smallest absolute Gasteiger partial charge is 0.245 e. The largest absolute Gasteiger partial charge is 0.370 e. The number of hydrogen-bond acceptors (Lipinski definition) is 5. The molecule has 2 aromatic heterocycles. The molecule has 2 fully saturated rings. The Morgan fingerprint density at radius 3 is 2.83 bits per heavy atom. The summed E-state index contributed by atoms with van der Waals surface area (Å²) < 4.78 is 6.23. The molecule has 0 unspecified atom stereocenters. The summed E-state index contributed by atoms with van der Waals surface area (Å²) in [5.41, 5.74) is 6.14. The van der Waals surface area contributed by atoms with Crippen LogP contribution in [0.5, 0.6) is 0 Å². The molecule has 1 amide bonds. The molecule has 35 heavy (non-hydrogen) atoms. The first-order chi connectivity index (χ1) is 16.7. The van der Waals surface area contributed by atoms with E-state index in [-0.39, 0.29) is 16.9 Å². The molecule has 6 rings (SSSR count). The highest BCUT2D eigenvalue weighted by Gasteiger charge is 2.49. The van der Waals surface area contributed by atoms with Crippen molar-refractivity contribution in [2.75, 3.05) is 31.1 Å². The highest BCUT2D eigenvalue weighted by molar-refractivity contribution is 6.36. The molecule has 0 atom stereocenters. The average Bonchev–Trinajstić information content (AvgIpc) is 3.45. The molecule has 182 valence electrons. The summed E-state index contributed by atoms with van der Waals surface area (Å²) in [5, 5.41) is 9.10. The third kappa shape index (κ3) is 3.55. The van der Waals surface area contributed by atoms with E-state index < -0.39 is 0 Å². The average molecular weight is 492 g/mol. The fourth-order valence-electron chi connectivity index (χ4n) is 6.01. The number of halogens is 1. The summed E-state index contributed by atoms with van der Waals surface area (Å²) in [5.74, 6) is 0.843. The van der Waals surface area contributed by atoms with E-state index in [0.717, 1.165) is 83.7 Å². The normalized spacial score (nSPS) is 20.2. The van der Waals surface area contributed by atoms with Crippen LogP contribution < -0.4 is 4.90 Å². The molecule has 1 N–H and O–H groups in total. The molecule has 7 nitrogen and oxygen atoms in total. The van der Waals surface area contributed by atoms with Crippen LogP contribution in [0, 0.1) is 12.3 Å². The van der Waals surface area contributed by atoms with Gasteiger partial charge in [0.15, 0.2) is 0 Å². The second-order valence-electron chi connectivity index (χ2n) is 10.9. The van der Waals surface area contributed by atoms with E-state index in [0.29, 0.717) is 11.6 Å². The number of ether oxygens (including phenoxy) is 1. The summed E-state index contributed by atoms with van der Waals surface area (Å²) in [4.78, 5) is 21.4. The van der Waals surface area contributed by atoms with Gasteiger partial charge in [-0.05, 0) is 50.5 Å². The number of aryl methyl sites for hydroxylation is 1. The number of rotatable bonds is 3. The van der Waals surface area contributed by atoms with E-state index in [1.165, 1.54) is 6.08 Å². The van der Waals surface area contributed by atoms with Gasteiger partial charge in [0.2, 0.25) is 5.91 Å². The van der Waals surface area contributed by atoms with Crippen LogP contribution in [-0.2, 0) is 22.6 Å². The van der Waals surface area contributed by atoms with Gasteiger partial charge in [0.05, 0.1) is 34.6 Å². The molecule has 3 aliphatic heterocycles. The Hall–Kier alpha value is -2.90. The molecule has 0 radical (unpaired) electrons. The maximum absolute atomic E-state index is 12.0. The number of anilines is 1. The minimum atomic E-state index is -0.287. The van der Waals surface area contributed by atoms with Crippen LogP contribution in [0.2, 0.25) is 5.02 Å². The number of likely N-dealkylation sites (tertiary alicyclic amines) is 1. The van der Waals surface area contributed by atoms with Crippen molar-refractivity contribution in [2.24, 2.45) is 5.41 Å². The Labute approximate surface area is 210 Å². The number of aromatic amines is 1. The number of hydrogen-bond donors (Lipinski definition) is 1. The SMILES string of the molecule is C=CC(=O)N1CC2(CCN(c3nc4c(c(-c5c(C)ccc6[nH]ncc56)c3Cl)COC(C)(C)C4)C2)C1. The lowest BCUT2D eigenvalue weighted by atomic mass is 9.79. The van der Waals surface area contributed by atoms with Crippen LogP contribution in [-0.4, -0.2) is 57.8 Å². The van der Waals surface area contributed by atoms with Crippen molar-refractivity contribution in [3.8, 4) is 11.1 Å². The number of carbonyl (C=O) groups is 1. The van der Waals surface area contributed by atoms with E-state index in [4.69, 9.17) is 21.3 Å². The zero-order valence-electron chi connectivity index (χ0n) is 20.4. The summed E-state index contributed by atoms with van der Waals surface area (Å²) >= 11 is 7.26. The monoisotopic (exact) mass is 491 g/mol. The first-order valence-electron chi connectivity index (χ1n) is 12.1. The molecule has 8 heteroatoms. The Kier molecular flexibility index (Phi) is 5.03. The van der Waals surface area contributed by atoms with Crippen molar-refractivity contribution >= 4 is 34.2 Å². The number of benzene rings is 1. The van der Waals surface area contributed by atoms with Crippen molar-refractivity contribution in [1.82, 2.24) is 20.1 Å². The maximum atomic E-state index is 12.0. The highest BCUT2D eigenvalue weighted by Crippen LogP contribution is 2.48. The molecule has 5 heterocycles. The number of carbonyl (C=O) groups excluding carboxylic acids is 1. The molecule has 0 saturated carbocycles. The first kappa shape index (κ1) is 22.6. The van der Waals surface area contributed by atoms with Crippen molar-refractivity contribution in [2.45, 2.75) is 45.8 Å². The van der Waals surface area contributed by atoms with Crippen LogP contribution in [0.15, 0.2) is 31.0 Å². The predicted octanol–water partition coefficient (Wildman–Crippen LogP) is 4.66. The first-order valence-corrected chi connectivity index (χ1v) is 12.5. The fourth-order valence-corrected chi connectivity index (χ4v) is 6.38. The number of aromatic nitrogens is 3. The lowest BCUT2D eigenvalue weighted by Gasteiger charge is -2.47. The summed E-state index contributed by atoms with van der Waals surface area (Å²) in [6, 6.07) is 4.16. The molecule has 0 aliphatic carbocycles. The number of pyridine rings is 1. The van der Waals surface area contributed by atoms with Crippen molar-refractivity contribution < 1.29 is 9.53 Å². The van der Waals surface area contributed by atoms with Crippen molar-refractivity contribution in [3.05, 3.63) is 52.8 Å². The van der Waals surface area contributed by atoms with E-state index in [9.17, 15) is 4.79 Å². The third-order valence-corrected chi connectivity index (χ3v) is 8.22. The number of amides is 1. The van der Waals surface area contributed by atoms with Gasteiger partial charge >= 0.3 is 0 Å². The number of nitrogens with zero attached hydrogens (tertiary/aromatic N) is 4.